The predicted octanol–water partition coefficient (Wildman–Crippen LogP) is 4.22. The van der Waals surface area contributed by atoms with Crippen molar-refractivity contribution in [3.63, 3.8) is 0 Å². The molecule has 1 N–H and O–H groups in total. The van der Waals surface area contributed by atoms with Crippen LogP contribution in [0.2, 0.25) is 0 Å². The average Bonchev–Trinajstić information content (AvgIpc) is 2.74. The smallest absolute Gasteiger partial charge is 0.177 e. The van der Waals surface area contributed by atoms with Crippen LogP contribution in [0, 0.1) is 0 Å². The number of nitrogens with zero attached hydrogens (tertiary/aromatic N) is 2. The van der Waals surface area contributed by atoms with E-state index in [9.17, 15) is 0 Å². The molecule has 6 nitrogen and oxygen atoms in total. The quantitative estimate of drug-likeness (QED) is 0.604. The van der Waals surface area contributed by atoms with Crippen molar-refractivity contribution in [3.05, 3.63) is 54.6 Å². The Kier molecular flexibility index (Phi) is 8.32. The molecule has 2 aromatic rings. The van der Waals surface area contributed by atoms with Crippen LogP contribution < -0.4 is 14.8 Å². The van der Waals surface area contributed by atoms with E-state index in [0.29, 0.717) is 6.61 Å². The van der Waals surface area contributed by atoms with Crippen LogP contribution in [-0.2, 0) is 4.74 Å². The number of hydrogen-bond donors (Lipinski definition) is 1. The van der Waals surface area contributed by atoms with E-state index in [4.69, 9.17) is 14.2 Å². The van der Waals surface area contributed by atoms with Crippen molar-refractivity contribution >= 4 is 23.9 Å². The van der Waals surface area contributed by atoms with Crippen molar-refractivity contribution in [1.82, 2.24) is 13.9 Å². The van der Waals surface area contributed by atoms with Crippen LogP contribution in [0.25, 0.3) is 0 Å². The summed E-state index contributed by atoms with van der Waals surface area (Å²) in [6.07, 6.45) is 3.96. The van der Waals surface area contributed by atoms with Crippen molar-refractivity contribution < 1.29 is 14.2 Å². The zero-order valence-electron chi connectivity index (χ0n) is 16.4. The third-order valence-electron chi connectivity index (χ3n) is 4.14. The Hall–Kier alpha value is -1.42. The van der Waals surface area contributed by atoms with Gasteiger partial charge in [0.15, 0.2) is 6.35 Å². The summed E-state index contributed by atoms with van der Waals surface area (Å²) < 4.78 is 22.2. The summed E-state index contributed by atoms with van der Waals surface area (Å²) in [4.78, 5) is 0. The Morgan fingerprint density at radius 3 is 2.36 bits per heavy atom. The summed E-state index contributed by atoms with van der Waals surface area (Å²) in [5, 5.41) is 3.40. The second-order valence-electron chi connectivity index (χ2n) is 6.26. The van der Waals surface area contributed by atoms with E-state index in [-0.39, 0.29) is 12.5 Å². The molecule has 152 valence electrons. The molecule has 0 aliphatic carbocycles. The average molecular weight is 422 g/mol. The minimum atomic E-state index is -0.126. The Morgan fingerprint density at radius 2 is 1.68 bits per heavy atom. The molecule has 1 aliphatic rings. The molecule has 2 aromatic carbocycles. The number of ether oxygens (including phenoxy) is 3. The maximum atomic E-state index is 6.12. The van der Waals surface area contributed by atoms with Gasteiger partial charge in [-0.15, -0.1) is 0 Å². The molecule has 2 unspecified atom stereocenters. The van der Waals surface area contributed by atoms with Crippen LogP contribution in [0.1, 0.15) is 6.92 Å². The third-order valence-corrected chi connectivity index (χ3v) is 5.68. The lowest BCUT2D eigenvalue weighted by Crippen LogP contribution is -2.57. The van der Waals surface area contributed by atoms with Gasteiger partial charge in [0.25, 0.3) is 0 Å². The van der Waals surface area contributed by atoms with E-state index in [1.807, 2.05) is 61.5 Å². The molecule has 1 fully saturated rings. The Balaban J connectivity index is 1.44. The Bertz CT molecular complexity index is 706. The molecule has 0 bridgehead atoms. The molecule has 0 spiro atoms. The van der Waals surface area contributed by atoms with Gasteiger partial charge >= 0.3 is 0 Å². The summed E-state index contributed by atoms with van der Waals surface area (Å²) in [7, 11) is 0. The van der Waals surface area contributed by atoms with Crippen LogP contribution >= 0.6 is 23.9 Å². The largest absolute Gasteiger partial charge is 0.491 e. The second-order valence-corrected chi connectivity index (χ2v) is 7.98. The number of benzene rings is 2. The second kappa shape index (κ2) is 10.9. The van der Waals surface area contributed by atoms with Crippen molar-refractivity contribution in [2.24, 2.45) is 0 Å². The lowest BCUT2D eigenvalue weighted by Gasteiger charge is -2.40. The monoisotopic (exact) mass is 421 g/mol. The molecule has 2 atom stereocenters. The van der Waals surface area contributed by atoms with Crippen molar-refractivity contribution in [1.29, 1.82) is 0 Å². The van der Waals surface area contributed by atoms with Crippen molar-refractivity contribution in [2.75, 3.05) is 32.5 Å². The van der Waals surface area contributed by atoms with Gasteiger partial charge < -0.3 is 14.2 Å². The van der Waals surface area contributed by atoms with Crippen LogP contribution in [0.4, 0.5) is 0 Å². The van der Waals surface area contributed by atoms with Crippen LogP contribution in [-0.4, -0.2) is 53.5 Å². The molecule has 28 heavy (non-hydrogen) atoms. The van der Waals surface area contributed by atoms with E-state index >= 15 is 0 Å². The van der Waals surface area contributed by atoms with E-state index in [0.717, 1.165) is 30.6 Å². The van der Waals surface area contributed by atoms with Crippen molar-refractivity contribution in [2.45, 2.75) is 19.4 Å². The van der Waals surface area contributed by atoms with Gasteiger partial charge in [0.1, 0.15) is 23.9 Å². The normalized spacial score (nSPS) is 19.3. The fourth-order valence-electron chi connectivity index (χ4n) is 2.65. The van der Waals surface area contributed by atoms with Gasteiger partial charge in [-0.3, -0.25) is 5.32 Å². The summed E-state index contributed by atoms with van der Waals surface area (Å²) in [5.74, 6) is 2.39. The summed E-state index contributed by atoms with van der Waals surface area (Å²) in [6, 6.07) is 17.4. The van der Waals surface area contributed by atoms with E-state index in [1.165, 1.54) is 0 Å². The molecule has 0 saturated carbocycles. The van der Waals surface area contributed by atoms with E-state index in [2.05, 4.69) is 26.4 Å². The van der Waals surface area contributed by atoms with Gasteiger partial charge in [-0.05, 0) is 55.8 Å². The third kappa shape index (κ3) is 6.30. The zero-order chi connectivity index (χ0) is 19.8. The topological polar surface area (TPSA) is 46.2 Å². The standard InChI is InChI=1S/C20H27N3O3S2/c1-16(25-20-21-14-22(27-2)15-23(20)28-3)13-24-17-9-11-19(12-10-17)26-18-7-5-4-6-8-18/h4-12,16,20-21H,13-15H2,1-3H3. The highest BCUT2D eigenvalue weighted by Crippen LogP contribution is 2.24. The molecular weight excluding hydrogens is 394 g/mol. The van der Waals surface area contributed by atoms with Gasteiger partial charge in [-0.2, -0.15) is 4.31 Å². The minimum absolute atomic E-state index is 0.0479. The number of nitrogens with one attached hydrogen (secondary N) is 1. The Labute approximate surface area is 175 Å². The number of hydrogen-bond acceptors (Lipinski definition) is 8. The lowest BCUT2D eigenvalue weighted by atomic mass is 10.3. The molecule has 1 aliphatic heterocycles. The van der Waals surface area contributed by atoms with E-state index < -0.39 is 0 Å². The highest BCUT2D eigenvalue weighted by atomic mass is 32.2. The first kappa shape index (κ1) is 21.3. The lowest BCUT2D eigenvalue weighted by molar-refractivity contribution is -0.113. The number of para-hydroxylation sites is 1. The zero-order valence-corrected chi connectivity index (χ0v) is 18.0. The summed E-state index contributed by atoms with van der Waals surface area (Å²) in [5.41, 5.74) is 0. The van der Waals surface area contributed by atoms with Gasteiger partial charge in [0.2, 0.25) is 0 Å². The molecule has 1 saturated heterocycles. The number of rotatable bonds is 9. The molecular formula is C20H27N3O3S2. The molecule has 1 heterocycles. The SMILES string of the molecule is CSN1CNC(OC(C)COc2ccc(Oc3ccccc3)cc2)N(SC)C1. The molecule has 0 amide bonds. The van der Waals surface area contributed by atoms with Crippen LogP contribution in [0.15, 0.2) is 54.6 Å². The molecule has 0 radical (unpaired) electrons. The maximum absolute atomic E-state index is 6.12. The van der Waals surface area contributed by atoms with Gasteiger partial charge in [0, 0.05) is 0 Å². The molecule has 0 aromatic heterocycles. The maximum Gasteiger partial charge on any atom is 0.177 e. The van der Waals surface area contributed by atoms with Gasteiger partial charge in [-0.1, -0.05) is 42.1 Å². The fraction of sp³-hybridized carbons (Fsp3) is 0.400. The summed E-state index contributed by atoms with van der Waals surface area (Å²) in [6.45, 7) is 4.13. The van der Waals surface area contributed by atoms with E-state index in [1.54, 1.807) is 23.9 Å². The first-order chi connectivity index (χ1) is 13.7. The highest BCUT2D eigenvalue weighted by Gasteiger charge is 2.27. The highest BCUT2D eigenvalue weighted by molar-refractivity contribution is 7.97. The predicted molar refractivity (Wildman–Crippen MR) is 116 cm³/mol. The molecule has 8 heteroatoms. The first-order valence-electron chi connectivity index (χ1n) is 9.12. The van der Waals surface area contributed by atoms with Crippen molar-refractivity contribution in [3.8, 4) is 17.2 Å². The van der Waals surface area contributed by atoms with Crippen LogP contribution in [0.3, 0.4) is 0 Å². The van der Waals surface area contributed by atoms with Gasteiger partial charge in [0.05, 0.1) is 19.4 Å². The van der Waals surface area contributed by atoms with Crippen LogP contribution in [0.5, 0.6) is 17.2 Å². The summed E-state index contributed by atoms with van der Waals surface area (Å²) >= 11 is 3.39. The van der Waals surface area contributed by atoms with Gasteiger partial charge in [-0.25, -0.2) is 4.31 Å². The minimum Gasteiger partial charge on any atom is -0.491 e. The fourth-order valence-corrected chi connectivity index (χ4v) is 3.74. The molecule has 3 rings (SSSR count). The Morgan fingerprint density at radius 1 is 1.00 bits per heavy atom. The first-order valence-corrected chi connectivity index (χ1v) is 11.5.